The van der Waals surface area contributed by atoms with E-state index in [2.05, 4.69) is 11.4 Å². The lowest BCUT2D eigenvalue weighted by atomic mass is 10.2. The molecule has 2 rings (SSSR count). The summed E-state index contributed by atoms with van der Waals surface area (Å²) in [5.41, 5.74) is 1.61. The maximum absolute atomic E-state index is 11.4. The van der Waals surface area contributed by atoms with Crippen LogP contribution in [0.2, 0.25) is 0 Å². The van der Waals surface area contributed by atoms with Crippen LogP contribution >= 0.6 is 0 Å². The molecule has 0 aromatic heterocycles. The molecule has 0 saturated carbocycles. The van der Waals surface area contributed by atoms with Crippen molar-refractivity contribution in [3.63, 3.8) is 0 Å². The zero-order chi connectivity index (χ0) is 16.7. The summed E-state index contributed by atoms with van der Waals surface area (Å²) in [6.07, 6.45) is -0.551. The molecule has 0 unspecified atom stereocenters. The monoisotopic (exact) mass is 310 g/mol. The van der Waals surface area contributed by atoms with Gasteiger partial charge in [0.15, 0.2) is 6.10 Å². The van der Waals surface area contributed by atoms with Crippen molar-refractivity contribution < 1.29 is 14.3 Å². The van der Waals surface area contributed by atoms with E-state index >= 15 is 0 Å². The minimum atomic E-state index is -0.551. The molecular weight excluding hydrogens is 292 g/mol. The van der Waals surface area contributed by atoms with E-state index in [-0.39, 0.29) is 5.91 Å². The van der Waals surface area contributed by atoms with Gasteiger partial charge in [-0.25, -0.2) is 0 Å². The van der Waals surface area contributed by atoms with Crippen LogP contribution < -0.4 is 14.8 Å². The van der Waals surface area contributed by atoms with Crippen molar-refractivity contribution in [3.8, 4) is 17.6 Å². The zero-order valence-corrected chi connectivity index (χ0v) is 13.1. The number of nitrogens with zero attached hydrogens (tertiary/aromatic N) is 1. The lowest BCUT2D eigenvalue weighted by molar-refractivity contribution is -0.126. The highest BCUT2D eigenvalue weighted by molar-refractivity contribution is 5.80. The van der Waals surface area contributed by atoms with Gasteiger partial charge >= 0.3 is 0 Å². The SMILES string of the molecule is CNC(=O)[C@@H](C)Oc1ccc(OCc2ccc(C#N)cc2)cc1. The average molecular weight is 310 g/mol. The van der Waals surface area contributed by atoms with Crippen molar-refractivity contribution >= 4 is 5.91 Å². The van der Waals surface area contributed by atoms with E-state index in [1.807, 2.05) is 12.1 Å². The van der Waals surface area contributed by atoms with Crippen LogP contribution in [-0.4, -0.2) is 19.1 Å². The lowest BCUT2D eigenvalue weighted by Gasteiger charge is -2.13. The Morgan fingerprint density at radius 3 is 2.30 bits per heavy atom. The molecule has 1 atom stereocenters. The van der Waals surface area contributed by atoms with Gasteiger partial charge in [0.05, 0.1) is 11.6 Å². The summed E-state index contributed by atoms with van der Waals surface area (Å²) in [4.78, 5) is 11.4. The number of carbonyl (C=O) groups excluding carboxylic acids is 1. The molecule has 0 saturated heterocycles. The summed E-state index contributed by atoms with van der Waals surface area (Å²) in [5, 5.41) is 11.3. The maximum atomic E-state index is 11.4. The molecule has 5 nitrogen and oxygen atoms in total. The molecule has 0 aliphatic rings. The van der Waals surface area contributed by atoms with Crippen LogP contribution in [-0.2, 0) is 11.4 Å². The third kappa shape index (κ3) is 4.75. The first kappa shape index (κ1) is 16.4. The van der Waals surface area contributed by atoms with E-state index in [4.69, 9.17) is 14.7 Å². The number of likely N-dealkylation sites (N-methyl/N-ethyl adjacent to an activating group) is 1. The second-order valence-corrected chi connectivity index (χ2v) is 4.94. The topological polar surface area (TPSA) is 71.3 Å². The second kappa shape index (κ2) is 7.85. The molecule has 1 N–H and O–H groups in total. The molecule has 23 heavy (non-hydrogen) atoms. The van der Waals surface area contributed by atoms with Crippen LogP contribution in [0.15, 0.2) is 48.5 Å². The van der Waals surface area contributed by atoms with Gasteiger partial charge in [-0.2, -0.15) is 5.26 Å². The van der Waals surface area contributed by atoms with Crippen molar-refractivity contribution in [2.45, 2.75) is 19.6 Å². The summed E-state index contributed by atoms with van der Waals surface area (Å²) < 4.78 is 11.2. The summed E-state index contributed by atoms with van der Waals surface area (Å²) in [5.74, 6) is 1.13. The molecule has 2 aromatic carbocycles. The van der Waals surface area contributed by atoms with E-state index in [1.165, 1.54) is 0 Å². The van der Waals surface area contributed by atoms with E-state index in [0.717, 1.165) is 5.56 Å². The molecule has 1 amide bonds. The Morgan fingerprint density at radius 2 is 1.74 bits per heavy atom. The van der Waals surface area contributed by atoms with Gasteiger partial charge < -0.3 is 14.8 Å². The fraction of sp³-hybridized carbons (Fsp3) is 0.222. The minimum Gasteiger partial charge on any atom is -0.489 e. The Balaban J connectivity index is 1.89. The summed E-state index contributed by atoms with van der Waals surface area (Å²) >= 11 is 0. The first-order valence-corrected chi connectivity index (χ1v) is 7.22. The van der Waals surface area contributed by atoms with Crippen molar-refractivity contribution in [1.29, 1.82) is 5.26 Å². The highest BCUT2D eigenvalue weighted by atomic mass is 16.5. The Morgan fingerprint density at radius 1 is 1.13 bits per heavy atom. The van der Waals surface area contributed by atoms with Crippen LogP contribution in [0.25, 0.3) is 0 Å². The predicted octanol–water partition coefficient (Wildman–Crippen LogP) is 2.65. The van der Waals surface area contributed by atoms with Gasteiger partial charge in [0.25, 0.3) is 5.91 Å². The first-order valence-electron chi connectivity index (χ1n) is 7.22. The van der Waals surface area contributed by atoms with Gasteiger partial charge in [-0.15, -0.1) is 0 Å². The fourth-order valence-electron chi connectivity index (χ4n) is 1.92. The fourth-order valence-corrected chi connectivity index (χ4v) is 1.92. The predicted molar refractivity (Wildman–Crippen MR) is 86.1 cm³/mol. The molecule has 0 bridgehead atoms. The first-order chi connectivity index (χ1) is 11.1. The average Bonchev–Trinajstić information content (AvgIpc) is 2.60. The number of hydrogen-bond donors (Lipinski definition) is 1. The highest BCUT2D eigenvalue weighted by Crippen LogP contribution is 2.19. The Kier molecular flexibility index (Phi) is 5.59. The molecule has 0 spiro atoms. The van der Waals surface area contributed by atoms with Crippen molar-refractivity contribution in [2.75, 3.05) is 7.05 Å². The second-order valence-electron chi connectivity index (χ2n) is 4.94. The largest absolute Gasteiger partial charge is 0.489 e. The van der Waals surface area contributed by atoms with Gasteiger partial charge in [0, 0.05) is 7.05 Å². The minimum absolute atomic E-state index is 0.175. The van der Waals surface area contributed by atoms with Crippen LogP contribution in [0, 0.1) is 11.3 Å². The van der Waals surface area contributed by atoms with Crippen LogP contribution in [0.4, 0.5) is 0 Å². The summed E-state index contributed by atoms with van der Waals surface area (Å²) in [6, 6.07) is 16.4. The molecule has 0 fully saturated rings. The third-order valence-electron chi connectivity index (χ3n) is 3.24. The van der Waals surface area contributed by atoms with Crippen molar-refractivity contribution in [2.24, 2.45) is 0 Å². The standard InChI is InChI=1S/C18H18N2O3/c1-13(18(21)20-2)23-17-9-7-16(8-10-17)22-12-15-5-3-14(11-19)4-6-15/h3-10,13H,12H2,1-2H3,(H,20,21)/t13-/m1/s1. The van der Waals surface area contributed by atoms with Gasteiger partial charge in [-0.05, 0) is 48.9 Å². The van der Waals surface area contributed by atoms with E-state index < -0.39 is 6.10 Å². The number of nitrogens with one attached hydrogen (secondary N) is 1. The summed E-state index contributed by atoms with van der Waals surface area (Å²) in [6.45, 7) is 2.11. The number of nitriles is 1. The number of amides is 1. The Hall–Kier alpha value is -3.00. The molecule has 0 heterocycles. The normalized spacial score (nSPS) is 11.2. The van der Waals surface area contributed by atoms with E-state index in [0.29, 0.717) is 23.7 Å². The molecule has 118 valence electrons. The molecule has 0 aliphatic heterocycles. The number of rotatable bonds is 6. The smallest absolute Gasteiger partial charge is 0.260 e. The number of hydrogen-bond acceptors (Lipinski definition) is 4. The highest BCUT2D eigenvalue weighted by Gasteiger charge is 2.12. The van der Waals surface area contributed by atoms with Gasteiger partial charge in [0.1, 0.15) is 18.1 Å². The molecule has 2 aromatic rings. The van der Waals surface area contributed by atoms with Gasteiger partial charge in [0.2, 0.25) is 0 Å². The Labute approximate surface area is 135 Å². The number of ether oxygens (including phenoxy) is 2. The van der Waals surface area contributed by atoms with Crippen molar-refractivity contribution in [1.82, 2.24) is 5.32 Å². The number of benzene rings is 2. The molecular formula is C18H18N2O3. The lowest BCUT2D eigenvalue weighted by Crippen LogP contribution is -2.33. The van der Waals surface area contributed by atoms with Crippen LogP contribution in [0.5, 0.6) is 11.5 Å². The van der Waals surface area contributed by atoms with E-state index in [1.54, 1.807) is 50.4 Å². The van der Waals surface area contributed by atoms with E-state index in [9.17, 15) is 4.79 Å². The molecule has 0 radical (unpaired) electrons. The molecule has 5 heteroatoms. The summed E-state index contributed by atoms with van der Waals surface area (Å²) in [7, 11) is 1.57. The Bertz CT molecular complexity index is 688. The van der Waals surface area contributed by atoms with Crippen molar-refractivity contribution in [3.05, 3.63) is 59.7 Å². The third-order valence-corrected chi connectivity index (χ3v) is 3.24. The van der Waals surface area contributed by atoms with Gasteiger partial charge in [-0.1, -0.05) is 12.1 Å². The maximum Gasteiger partial charge on any atom is 0.260 e. The van der Waals surface area contributed by atoms with Crippen LogP contribution in [0.1, 0.15) is 18.1 Å². The van der Waals surface area contributed by atoms with Crippen LogP contribution in [0.3, 0.4) is 0 Å². The zero-order valence-electron chi connectivity index (χ0n) is 13.1. The van der Waals surface area contributed by atoms with Gasteiger partial charge in [-0.3, -0.25) is 4.79 Å². The quantitative estimate of drug-likeness (QED) is 0.890. The number of carbonyl (C=O) groups is 1. The molecule has 0 aliphatic carbocycles.